The lowest BCUT2D eigenvalue weighted by atomic mass is 10.0. The van der Waals surface area contributed by atoms with E-state index in [1.54, 1.807) is 24.3 Å². The van der Waals surface area contributed by atoms with Crippen LogP contribution in [-0.4, -0.2) is 62.9 Å². The van der Waals surface area contributed by atoms with Crippen molar-refractivity contribution >= 4 is 51.4 Å². The van der Waals surface area contributed by atoms with E-state index in [2.05, 4.69) is 40.8 Å². The number of likely N-dealkylation sites (N-methyl/N-ethyl adjacent to an activating group) is 1. The molecule has 3 heterocycles. The molecule has 12 heteroatoms. The monoisotopic (exact) mass is 572 g/mol. The van der Waals surface area contributed by atoms with Gasteiger partial charge in [0.2, 0.25) is 0 Å². The first kappa shape index (κ1) is 27.2. The molecule has 0 atom stereocenters. The fraction of sp³-hybridized carbons (Fsp3) is 0.333. The van der Waals surface area contributed by atoms with Gasteiger partial charge in [0.15, 0.2) is 10.9 Å². The molecule has 2 aliphatic heterocycles. The molecule has 1 fully saturated rings. The van der Waals surface area contributed by atoms with Crippen molar-refractivity contribution in [2.45, 2.75) is 32.1 Å². The van der Waals surface area contributed by atoms with Crippen molar-refractivity contribution in [3.63, 3.8) is 0 Å². The van der Waals surface area contributed by atoms with Crippen LogP contribution in [0, 0.1) is 11.3 Å². The number of amidine groups is 1. The van der Waals surface area contributed by atoms with Crippen molar-refractivity contribution < 1.29 is 18.0 Å². The van der Waals surface area contributed by atoms with Crippen LogP contribution in [0.25, 0.3) is 17.0 Å². The first-order valence-electron chi connectivity index (χ1n) is 12.1. The zero-order valence-electron chi connectivity index (χ0n) is 21.4. The summed E-state index contributed by atoms with van der Waals surface area (Å²) >= 11 is 7.12. The van der Waals surface area contributed by atoms with Crippen LogP contribution in [0.1, 0.15) is 36.2 Å². The molecule has 0 aliphatic carbocycles. The Bertz CT molecular complexity index is 1590. The molecule has 0 bridgehead atoms. The Morgan fingerprint density at radius 1 is 1.21 bits per heavy atom. The Labute approximate surface area is 232 Å². The van der Waals surface area contributed by atoms with E-state index in [4.69, 9.17) is 11.6 Å². The van der Waals surface area contributed by atoms with Gasteiger partial charge in [0.25, 0.3) is 5.91 Å². The number of hydrogen-bond donors (Lipinski definition) is 0. The average molecular weight is 573 g/mol. The predicted octanol–water partition coefficient (Wildman–Crippen LogP) is 5.62. The van der Waals surface area contributed by atoms with Crippen molar-refractivity contribution in [2.24, 2.45) is 4.99 Å². The van der Waals surface area contributed by atoms with E-state index in [9.17, 15) is 23.2 Å². The topological polar surface area (TPSA) is 77.5 Å². The number of hydrogen-bond acceptors (Lipinski definition) is 6. The lowest BCUT2D eigenvalue weighted by molar-refractivity contribution is -0.138. The summed E-state index contributed by atoms with van der Waals surface area (Å²) in [6.07, 6.45) is -2.88. The largest absolute Gasteiger partial charge is 0.416 e. The summed E-state index contributed by atoms with van der Waals surface area (Å²) in [6.45, 7) is 6.48. The van der Waals surface area contributed by atoms with E-state index in [-0.39, 0.29) is 34.3 Å². The molecule has 0 spiro atoms. The van der Waals surface area contributed by atoms with E-state index in [0.717, 1.165) is 25.7 Å². The summed E-state index contributed by atoms with van der Waals surface area (Å²) in [4.78, 5) is 21.8. The number of aromatic nitrogens is 2. The molecule has 0 saturated carbocycles. The minimum absolute atomic E-state index is 0.0169. The van der Waals surface area contributed by atoms with E-state index >= 15 is 0 Å². The molecule has 5 rings (SSSR count). The van der Waals surface area contributed by atoms with Crippen LogP contribution in [-0.2, 0) is 17.5 Å². The molecule has 3 aromatic rings. The molecule has 2 aromatic carbocycles. The number of fused-ring (bicyclic) bond motifs is 1. The first-order valence-corrected chi connectivity index (χ1v) is 13.3. The van der Waals surface area contributed by atoms with Crippen molar-refractivity contribution in [1.29, 1.82) is 5.26 Å². The second-order valence-corrected chi connectivity index (χ2v) is 11.6. The van der Waals surface area contributed by atoms with Gasteiger partial charge in [-0.1, -0.05) is 23.7 Å². The highest BCUT2D eigenvalue weighted by Crippen LogP contribution is 2.36. The van der Waals surface area contributed by atoms with Crippen LogP contribution in [0.5, 0.6) is 0 Å². The van der Waals surface area contributed by atoms with Gasteiger partial charge in [-0.15, -0.1) is 0 Å². The van der Waals surface area contributed by atoms with Crippen LogP contribution >= 0.6 is 23.4 Å². The highest BCUT2D eigenvalue weighted by atomic mass is 35.5. The molecule has 202 valence electrons. The van der Waals surface area contributed by atoms with Gasteiger partial charge in [0.05, 0.1) is 22.5 Å². The molecule has 7 nitrogen and oxygen atoms in total. The minimum Gasteiger partial charge on any atom is -0.348 e. The molecule has 0 radical (unpaired) electrons. The van der Waals surface area contributed by atoms with E-state index in [1.807, 2.05) is 6.07 Å². The van der Waals surface area contributed by atoms with Crippen LogP contribution in [0.15, 0.2) is 46.3 Å². The fourth-order valence-electron chi connectivity index (χ4n) is 4.69. The first-order chi connectivity index (χ1) is 18.4. The average Bonchev–Trinajstić information content (AvgIpc) is 3.40. The lowest BCUT2D eigenvalue weighted by Gasteiger charge is -2.45. The van der Waals surface area contributed by atoms with Gasteiger partial charge in [0, 0.05) is 35.6 Å². The smallest absolute Gasteiger partial charge is 0.348 e. The zero-order chi connectivity index (χ0) is 28.1. The number of alkyl halides is 3. The Kier molecular flexibility index (Phi) is 6.99. The van der Waals surface area contributed by atoms with Gasteiger partial charge in [-0.2, -0.15) is 28.5 Å². The number of carbonyl (C=O) groups is 1. The number of nitriles is 1. The summed E-state index contributed by atoms with van der Waals surface area (Å²) in [5.74, 6) is -0.328. The standard InChI is InChI=1S/C27H24ClF3N6OS/c1-26(2)15-36(9-8-35(26)3)25-33-24(38)23(39-25)11-16-4-7-22-19(10-16)21(13-32)34-37(22)14-17-5-6-18(28)12-20(17)27(29,30)31/h4-7,10-12H,8-9,14-15H2,1-3H3/b23-11+. The van der Waals surface area contributed by atoms with Crippen LogP contribution in [0.4, 0.5) is 13.2 Å². The normalized spacial score (nSPS) is 19.1. The second-order valence-electron chi connectivity index (χ2n) is 10.2. The van der Waals surface area contributed by atoms with Crippen molar-refractivity contribution in [2.75, 3.05) is 26.7 Å². The van der Waals surface area contributed by atoms with Gasteiger partial charge in [-0.3, -0.25) is 14.4 Å². The van der Waals surface area contributed by atoms with Gasteiger partial charge < -0.3 is 4.90 Å². The molecule has 39 heavy (non-hydrogen) atoms. The van der Waals surface area contributed by atoms with Crippen LogP contribution in [0.3, 0.4) is 0 Å². The maximum absolute atomic E-state index is 13.6. The summed E-state index contributed by atoms with van der Waals surface area (Å²) in [5, 5.41) is 15.1. The maximum atomic E-state index is 13.6. The summed E-state index contributed by atoms with van der Waals surface area (Å²) in [5.41, 5.74) is 0.315. The van der Waals surface area contributed by atoms with Gasteiger partial charge in [-0.25, -0.2) is 0 Å². The summed E-state index contributed by atoms with van der Waals surface area (Å²) in [6, 6.07) is 10.7. The Hall–Kier alpha value is -3.33. The van der Waals surface area contributed by atoms with E-state index < -0.39 is 11.7 Å². The Balaban J connectivity index is 1.42. The Morgan fingerprint density at radius 2 is 1.97 bits per heavy atom. The fourth-order valence-corrected chi connectivity index (χ4v) is 5.80. The number of nitrogens with zero attached hydrogens (tertiary/aromatic N) is 6. The zero-order valence-corrected chi connectivity index (χ0v) is 23.0. The summed E-state index contributed by atoms with van der Waals surface area (Å²) < 4.78 is 42.2. The van der Waals surface area contributed by atoms with E-state index in [1.165, 1.54) is 28.6 Å². The highest BCUT2D eigenvalue weighted by Gasteiger charge is 2.36. The summed E-state index contributed by atoms with van der Waals surface area (Å²) in [7, 11) is 2.08. The van der Waals surface area contributed by atoms with E-state index in [0.29, 0.717) is 26.5 Å². The molecule has 0 N–H and O–H groups in total. The molecular weight excluding hydrogens is 549 g/mol. The number of carbonyl (C=O) groups excluding carboxylic acids is 1. The number of thioether (sulfide) groups is 1. The number of rotatable bonds is 3. The number of amides is 1. The molecule has 1 saturated heterocycles. The number of aliphatic imine (C=N–C) groups is 1. The molecule has 1 aromatic heterocycles. The third kappa shape index (κ3) is 5.41. The molecule has 1 amide bonds. The quantitative estimate of drug-likeness (QED) is 0.379. The van der Waals surface area contributed by atoms with Gasteiger partial charge in [0.1, 0.15) is 6.07 Å². The van der Waals surface area contributed by atoms with Crippen molar-refractivity contribution in [1.82, 2.24) is 19.6 Å². The maximum Gasteiger partial charge on any atom is 0.416 e. The molecule has 2 aliphatic rings. The molecule has 0 unspecified atom stereocenters. The van der Waals surface area contributed by atoms with Crippen LogP contribution < -0.4 is 0 Å². The minimum atomic E-state index is -4.59. The lowest BCUT2D eigenvalue weighted by Crippen LogP contribution is -2.58. The Morgan fingerprint density at radius 3 is 2.67 bits per heavy atom. The second kappa shape index (κ2) is 10.0. The van der Waals surface area contributed by atoms with Crippen molar-refractivity contribution in [3.8, 4) is 6.07 Å². The van der Waals surface area contributed by atoms with Gasteiger partial charge in [-0.05, 0) is 74.1 Å². The third-order valence-electron chi connectivity index (χ3n) is 7.07. The van der Waals surface area contributed by atoms with Crippen LogP contribution in [0.2, 0.25) is 5.02 Å². The third-order valence-corrected chi connectivity index (χ3v) is 8.35. The molecular formula is C27H24ClF3N6OS. The predicted molar refractivity (Wildman–Crippen MR) is 146 cm³/mol. The SMILES string of the molecule is CN1CCN(C2=NC(=O)/C(=C\c3ccc4c(c3)c(C#N)nn4Cc3ccc(Cl)cc3C(F)(F)F)S2)CC1(C)C. The van der Waals surface area contributed by atoms with Crippen molar-refractivity contribution in [3.05, 3.63) is 68.7 Å². The van der Waals surface area contributed by atoms with Gasteiger partial charge >= 0.3 is 6.18 Å². The number of benzene rings is 2. The number of halogens is 4. The number of piperazine rings is 1. The highest BCUT2D eigenvalue weighted by molar-refractivity contribution is 8.18.